The van der Waals surface area contributed by atoms with Gasteiger partial charge in [-0.1, -0.05) is 24.6 Å². The number of hydrogen-bond donors (Lipinski definition) is 0. The van der Waals surface area contributed by atoms with E-state index in [4.69, 9.17) is 4.74 Å². The van der Waals surface area contributed by atoms with Crippen molar-refractivity contribution in [2.24, 2.45) is 5.92 Å². The van der Waals surface area contributed by atoms with E-state index in [0.717, 1.165) is 55.3 Å². The van der Waals surface area contributed by atoms with Crippen LogP contribution < -0.4 is 4.74 Å². The number of aryl methyl sites for hydroxylation is 1. The van der Waals surface area contributed by atoms with Gasteiger partial charge in [-0.2, -0.15) is 0 Å². The average molecular weight is 395 g/mol. The molecule has 0 unspecified atom stereocenters. The van der Waals surface area contributed by atoms with Crippen molar-refractivity contribution in [2.45, 2.75) is 45.2 Å². The summed E-state index contributed by atoms with van der Waals surface area (Å²) >= 11 is 0. The quantitative estimate of drug-likeness (QED) is 0.781. The van der Waals surface area contributed by atoms with Gasteiger partial charge in [-0.05, 0) is 31.7 Å². The van der Waals surface area contributed by atoms with Crippen LogP contribution in [0.3, 0.4) is 0 Å². The Kier molecular flexibility index (Phi) is 6.09. The first kappa shape index (κ1) is 19.8. The van der Waals surface area contributed by atoms with Gasteiger partial charge in [0.15, 0.2) is 0 Å². The molecule has 0 N–H and O–H groups in total. The maximum absolute atomic E-state index is 13.3. The molecular formula is C23H30N4O2. The number of benzene rings is 1. The Morgan fingerprint density at radius 2 is 1.97 bits per heavy atom. The molecule has 29 heavy (non-hydrogen) atoms. The molecule has 2 aliphatic rings. The van der Waals surface area contributed by atoms with E-state index in [1.54, 1.807) is 7.11 Å². The zero-order valence-electron chi connectivity index (χ0n) is 17.4. The molecule has 0 radical (unpaired) electrons. The van der Waals surface area contributed by atoms with Gasteiger partial charge in [0, 0.05) is 55.7 Å². The third-order valence-corrected chi connectivity index (χ3v) is 6.20. The van der Waals surface area contributed by atoms with Crippen molar-refractivity contribution in [1.29, 1.82) is 0 Å². The maximum atomic E-state index is 13.3. The largest absolute Gasteiger partial charge is 0.496 e. The third kappa shape index (κ3) is 4.58. The van der Waals surface area contributed by atoms with Gasteiger partial charge >= 0.3 is 0 Å². The second-order valence-corrected chi connectivity index (χ2v) is 8.23. The Morgan fingerprint density at radius 1 is 1.17 bits per heavy atom. The zero-order valence-corrected chi connectivity index (χ0v) is 17.4. The van der Waals surface area contributed by atoms with Crippen molar-refractivity contribution < 1.29 is 9.53 Å². The van der Waals surface area contributed by atoms with E-state index in [1.165, 1.54) is 12.8 Å². The van der Waals surface area contributed by atoms with Crippen LogP contribution in [0.1, 0.15) is 36.2 Å². The summed E-state index contributed by atoms with van der Waals surface area (Å²) in [6, 6.07) is 8.13. The lowest BCUT2D eigenvalue weighted by atomic mass is 9.98. The fourth-order valence-electron chi connectivity index (χ4n) is 4.74. The lowest BCUT2D eigenvalue weighted by molar-refractivity contribution is -0.133. The molecule has 2 atom stereocenters. The normalized spacial score (nSPS) is 22.2. The number of likely N-dealkylation sites (tertiary alicyclic amines) is 2. The van der Waals surface area contributed by atoms with Crippen molar-refractivity contribution in [3.63, 3.8) is 0 Å². The second-order valence-electron chi connectivity index (χ2n) is 8.23. The first-order valence-corrected chi connectivity index (χ1v) is 10.6. The van der Waals surface area contributed by atoms with E-state index in [9.17, 15) is 4.79 Å². The minimum atomic E-state index is 0.215. The maximum Gasteiger partial charge on any atom is 0.227 e. The summed E-state index contributed by atoms with van der Waals surface area (Å²) in [7, 11) is 1.66. The predicted molar refractivity (Wildman–Crippen MR) is 112 cm³/mol. The summed E-state index contributed by atoms with van der Waals surface area (Å²) in [6.07, 6.45) is 7.73. The molecule has 0 spiro atoms. The first-order valence-electron chi connectivity index (χ1n) is 10.6. The molecule has 3 heterocycles. The summed E-state index contributed by atoms with van der Waals surface area (Å²) < 4.78 is 5.45. The number of methoxy groups -OCH3 is 1. The fourth-order valence-corrected chi connectivity index (χ4v) is 4.74. The number of rotatable bonds is 5. The highest BCUT2D eigenvalue weighted by Gasteiger charge is 2.39. The van der Waals surface area contributed by atoms with E-state index in [2.05, 4.69) is 19.8 Å². The molecule has 2 aliphatic heterocycles. The zero-order chi connectivity index (χ0) is 20.2. The van der Waals surface area contributed by atoms with E-state index in [-0.39, 0.29) is 5.91 Å². The van der Waals surface area contributed by atoms with Crippen LogP contribution in [-0.2, 0) is 17.8 Å². The summed E-state index contributed by atoms with van der Waals surface area (Å²) in [5.74, 6) is 2.35. The van der Waals surface area contributed by atoms with E-state index in [0.29, 0.717) is 18.4 Å². The summed E-state index contributed by atoms with van der Waals surface area (Å²) in [4.78, 5) is 26.5. The van der Waals surface area contributed by atoms with Crippen LogP contribution in [0.4, 0.5) is 0 Å². The lowest BCUT2D eigenvalue weighted by Crippen LogP contribution is -2.45. The van der Waals surface area contributed by atoms with Crippen LogP contribution in [0.15, 0.2) is 36.7 Å². The molecule has 0 saturated carbocycles. The van der Waals surface area contributed by atoms with Gasteiger partial charge in [0.2, 0.25) is 5.91 Å². The first-order chi connectivity index (χ1) is 14.1. The highest BCUT2D eigenvalue weighted by molar-refractivity contribution is 5.80. The molecule has 1 aromatic heterocycles. The van der Waals surface area contributed by atoms with Crippen molar-refractivity contribution in [2.75, 3.05) is 26.7 Å². The van der Waals surface area contributed by atoms with Crippen LogP contribution in [0.25, 0.3) is 0 Å². The number of carbonyl (C=O) groups is 1. The highest BCUT2D eigenvalue weighted by atomic mass is 16.5. The molecular weight excluding hydrogens is 364 g/mol. The number of ether oxygens (including phenoxy) is 1. The summed E-state index contributed by atoms with van der Waals surface area (Å²) in [6.45, 7) is 5.58. The molecule has 0 aliphatic carbocycles. The molecule has 1 amide bonds. The molecule has 2 saturated heterocycles. The molecule has 2 fully saturated rings. The number of amides is 1. The molecule has 2 aromatic rings. The van der Waals surface area contributed by atoms with Crippen molar-refractivity contribution >= 4 is 5.91 Å². The monoisotopic (exact) mass is 394 g/mol. The second kappa shape index (κ2) is 8.91. The number of hydrogen-bond acceptors (Lipinski definition) is 5. The summed E-state index contributed by atoms with van der Waals surface area (Å²) in [5, 5.41) is 0. The number of carbonyl (C=O) groups excluding carboxylic acids is 1. The van der Waals surface area contributed by atoms with Gasteiger partial charge in [0.25, 0.3) is 0 Å². The van der Waals surface area contributed by atoms with Crippen molar-refractivity contribution in [3.8, 4) is 5.75 Å². The van der Waals surface area contributed by atoms with Crippen LogP contribution in [-0.4, -0.2) is 58.5 Å². The van der Waals surface area contributed by atoms with Crippen LogP contribution in [0, 0.1) is 12.8 Å². The average Bonchev–Trinajstić information content (AvgIpc) is 3.01. The van der Waals surface area contributed by atoms with Gasteiger partial charge in [-0.25, -0.2) is 9.97 Å². The van der Waals surface area contributed by atoms with E-state index >= 15 is 0 Å². The molecule has 154 valence electrons. The Balaban J connectivity index is 1.45. The smallest absolute Gasteiger partial charge is 0.227 e. The Hall–Kier alpha value is -2.47. The molecule has 6 nitrogen and oxygen atoms in total. The number of para-hydroxylation sites is 1. The van der Waals surface area contributed by atoms with Gasteiger partial charge in [0.05, 0.1) is 13.5 Å². The number of aromatic nitrogens is 2. The molecule has 4 rings (SSSR count). The Bertz CT molecular complexity index is 839. The third-order valence-electron chi connectivity index (χ3n) is 6.20. The van der Waals surface area contributed by atoms with Crippen molar-refractivity contribution in [3.05, 3.63) is 53.6 Å². The fraction of sp³-hybridized carbons (Fsp3) is 0.522. The standard InChI is InChI=1S/C23H30N4O2/c1-17-24-12-18(13-25-17)14-26-15-20-8-5-6-10-27(21(20)16-26)23(28)11-19-7-3-4-9-22(19)29-2/h3-4,7,9,12-13,20-21H,5-6,8,10-11,14-16H2,1-2H3/t20-,21+/m0/s1. The molecule has 6 heteroatoms. The van der Waals surface area contributed by atoms with Gasteiger partial charge < -0.3 is 9.64 Å². The van der Waals surface area contributed by atoms with Crippen LogP contribution >= 0.6 is 0 Å². The Labute approximate surface area is 172 Å². The topological polar surface area (TPSA) is 58.6 Å². The van der Waals surface area contributed by atoms with Gasteiger partial charge in [0.1, 0.15) is 11.6 Å². The van der Waals surface area contributed by atoms with Gasteiger partial charge in [-0.3, -0.25) is 9.69 Å². The molecule has 1 aromatic carbocycles. The summed E-state index contributed by atoms with van der Waals surface area (Å²) in [5.41, 5.74) is 2.10. The minimum Gasteiger partial charge on any atom is -0.496 e. The predicted octanol–water partition coefficient (Wildman–Crippen LogP) is 2.85. The number of nitrogens with zero attached hydrogens (tertiary/aromatic N) is 4. The van der Waals surface area contributed by atoms with Gasteiger partial charge in [-0.15, -0.1) is 0 Å². The number of fused-ring (bicyclic) bond motifs is 1. The molecule has 0 bridgehead atoms. The van der Waals surface area contributed by atoms with Crippen LogP contribution in [0.2, 0.25) is 0 Å². The van der Waals surface area contributed by atoms with Crippen molar-refractivity contribution in [1.82, 2.24) is 19.8 Å². The lowest BCUT2D eigenvalue weighted by Gasteiger charge is -2.30. The Morgan fingerprint density at radius 3 is 2.76 bits per heavy atom. The SMILES string of the molecule is COc1ccccc1CC(=O)N1CCCC[C@H]2CN(Cc3cnc(C)nc3)C[C@H]21. The van der Waals surface area contributed by atoms with E-state index < -0.39 is 0 Å². The highest BCUT2D eigenvalue weighted by Crippen LogP contribution is 2.31. The van der Waals surface area contributed by atoms with E-state index in [1.807, 2.05) is 43.6 Å². The van der Waals surface area contributed by atoms with Crippen LogP contribution in [0.5, 0.6) is 5.75 Å². The minimum absolute atomic E-state index is 0.215.